The largest absolute Gasteiger partial charge is 0.476 e. The van der Waals surface area contributed by atoms with Crippen LogP contribution >= 0.6 is 11.6 Å². The average Bonchev–Trinajstić information content (AvgIpc) is 2.92. The van der Waals surface area contributed by atoms with E-state index in [0.717, 1.165) is 23.8 Å². The Labute approximate surface area is 174 Å². The molecule has 7 heteroatoms. The average molecular weight is 420 g/mol. The molecule has 1 aliphatic heterocycles. The van der Waals surface area contributed by atoms with Crippen LogP contribution in [0.15, 0.2) is 23.3 Å². The van der Waals surface area contributed by atoms with Crippen LogP contribution in [0.5, 0.6) is 5.75 Å². The van der Waals surface area contributed by atoms with Gasteiger partial charge in [0.1, 0.15) is 18.2 Å². The monoisotopic (exact) mass is 419 g/mol. The summed E-state index contributed by atoms with van der Waals surface area (Å²) < 4.78 is 25.7. The van der Waals surface area contributed by atoms with Crippen LogP contribution in [0.2, 0.25) is 5.02 Å². The van der Waals surface area contributed by atoms with Gasteiger partial charge in [-0.15, -0.1) is 0 Å². The van der Waals surface area contributed by atoms with Crippen LogP contribution in [-0.2, 0) is 14.3 Å². The summed E-state index contributed by atoms with van der Waals surface area (Å²) in [6.45, 7) is 5.81. The molecule has 0 N–H and O–H groups in total. The molecule has 0 bridgehead atoms. The Bertz CT molecular complexity index is 901. The lowest BCUT2D eigenvalue weighted by Gasteiger charge is -2.19. The lowest BCUT2D eigenvalue weighted by atomic mass is 9.93. The molecular weight excluding hydrogens is 397 g/mol. The summed E-state index contributed by atoms with van der Waals surface area (Å²) in [5.74, 6) is 4.19. The number of rotatable bonds is 5. The number of halogens is 2. The number of anilines is 1. The molecule has 1 aromatic carbocycles. The molecule has 2 aliphatic rings. The first-order valence-corrected chi connectivity index (χ1v) is 10.0. The fourth-order valence-corrected chi connectivity index (χ4v) is 3.55. The molecule has 1 heterocycles. The molecule has 0 saturated heterocycles. The van der Waals surface area contributed by atoms with Crippen molar-refractivity contribution in [1.82, 2.24) is 0 Å². The van der Waals surface area contributed by atoms with Gasteiger partial charge in [0.05, 0.1) is 16.8 Å². The number of benzene rings is 1. The highest BCUT2D eigenvalue weighted by molar-refractivity contribution is 6.34. The van der Waals surface area contributed by atoms with Crippen molar-refractivity contribution in [2.45, 2.75) is 58.7 Å². The third-order valence-corrected chi connectivity index (χ3v) is 5.03. The van der Waals surface area contributed by atoms with Gasteiger partial charge in [-0.25, -0.2) is 9.29 Å². The van der Waals surface area contributed by atoms with Crippen LogP contribution < -0.4 is 9.64 Å². The summed E-state index contributed by atoms with van der Waals surface area (Å²) in [4.78, 5) is 26.3. The number of imide groups is 1. The molecule has 0 spiro atoms. The van der Waals surface area contributed by atoms with E-state index in [0.29, 0.717) is 24.0 Å². The summed E-state index contributed by atoms with van der Waals surface area (Å²) in [5, 5.41) is 0.0372. The summed E-state index contributed by atoms with van der Waals surface area (Å²) in [5.41, 5.74) is 0.821. The van der Waals surface area contributed by atoms with Gasteiger partial charge in [-0.2, -0.15) is 0 Å². The zero-order chi connectivity index (χ0) is 21.1. The van der Waals surface area contributed by atoms with Gasteiger partial charge in [0, 0.05) is 17.2 Å². The quantitative estimate of drug-likeness (QED) is 0.523. The van der Waals surface area contributed by atoms with Crippen molar-refractivity contribution in [3.63, 3.8) is 0 Å². The maximum absolute atomic E-state index is 14.6. The van der Waals surface area contributed by atoms with Gasteiger partial charge in [0.25, 0.3) is 11.8 Å². The van der Waals surface area contributed by atoms with Crippen LogP contribution in [0, 0.1) is 17.7 Å². The molecule has 0 saturated carbocycles. The predicted octanol–water partition coefficient (Wildman–Crippen LogP) is 4.42. The molecule has 29 heavy (non-hydrogen) atoms. The van der Waals surface area contributed by atoms with Crippen LogP contribution in [-0.4, -0.2) is 30.6 Å². The lowest BCUT2D eigenvalue weighted by molar-refractivity contribution is -0.120. The Balaban J connectivity index is 1.82. The molecule has 1 aliphatic carbocycles. The van der Waals surface area contributed by atoms with Crippen molar-refractivity contribution in [2.24, 2.45) is 0 Å². The number of amides is 2. The fraction of sp³-hybridized carbons (Fsp3) is 0.455. The van der Waals surface area contributed by atoms with E-state index >= 15 is 0 Å². The fourth-order valence-electron chi connectivity index (χ4n) is 3.35. The first-order valence-electron chi connectivity index (χ1n) is 9.66. The van der Waals surface area contributed by atoms with E-state index in [-0.39, 0.29) is 29.2 Å². The predicted molar refractivity (Wildman–Crippen MR) is 108 cm³/mol. The zero-order valence-electron chi connectivity index (χ0n) is 16.7. The van der Waals surface area contributed by atoms with Gasteiger partial charge in [0.15, 0.2) is 6.10 Å². The number of carbonyl (C=O) groups excluding carboxylic acids is 2. The number of hydrogen-bond donors (Lipinski definition) is 0. The van der Waals surface area contributed by atoms with E-state index in [1.54, 1.807) is 6.92 Å². The van der Waals surface area contributed by atoms with Crippen LogP contribution in [0.3, 0.4) is 0 Å². The summed E-state index contributed by atoms with van der Waals surface area (Å²) in [6, 6.07) is 2.33. The highest BCUT2D eigenvalue weighted by Gasteiger charge is 2.41. The maximum atomic E-state index is 14.6. The van der Waals surface area contributed by atoms with Crippen molar-refractivity contribution in [2.75, 3.05) is 11.5 Å². The highest BCUT2D eigenvalue weighted by Crippen LogP contribution is 2.39. The zero-order valence-corrected chi connectivity index (χ0v) is 17.4. The second-order valence-corrected chi connectivity index (χ2v) is 7.69. The topological polar surface area (TPSA) is 55.8 Å². The van der Waals surface area contributed by atoms with E-state index in [9.17, 15) is 14.0 Å². The van der Waals surface area contributed by atoms with Crippen molar-refractivity contribution >= 4 is 29.1 Å². The molecule has 0 radical (unpaired) electrons. The second-order valence-electron chi connectivity index (χ2n) is 7.28. The highest BCUT2D eigenvalue weighted by atomic mass is 35.5. The van der Waals surface area contributed by atoms with Gasteiger partial charge in [0.2, 0.25) is 0 Å². The van der Waals surface area contributed by atoms with Crippen LogP contribution in [0.25, 0.3) is 0 Å². The number of ether oxygens (including phenoxy) is 2. The number of carbonyl (C=O) groups is 2. The van der Waals surface area contributed by atoms with Crippen LogP contribution in [0.1, 0.15) is 46.5 Å². The van der Waals surface area contributed by atoms with E-state index < -0.39 is 23.7 Å². The van der Waals surface area contributed by atoms with E-state index in [4.69, 9.17) is 21.1 Å². The molecule has 154 valence electrons. The van der Waals surface area contributed by atoms with Crippen molar-refractivity contribution in [1.29, 1.82) is 0 Å². The maximum Gasteiger partial charge on any atom is 0.261 e. The molecule has 0 aromatic heterocycles. The molecular formula is C22H23ClFNO4. The molecule has 3 rings (SSSR count). The SMILES string of the molecule is CC(C)OCC#CC(C)Oc1cc(N2C(=O)C3=C(CCCC3)C2=O)c(F)cc1Cl. The van der Waals surface area contributed by atoms with Gasteiger partial charge in [-0.3, -0.25) is 9.59 Å². The summed E-state index contributed by atoms with van der Waals surface area (Å²) in [7, 11) is 0. The van der Waals surface area contributed by atoms with E-state index in [2.05, 4.69) is 11.8 Å². The minimum atomic E-state index is -0.757. The Morgan fingerprint density at radius 3 is 2.34 bits per heavy atom. The first-order chi connectivity index (χ1) is 13.8. The Kier molecular flexibility index (Phi) is 6.61. The van der Waals surface area contributed by atoms with Gasteiger partial charge in [-0.05, 0) is 52.5 Å². The van der Waals surface area contributed by atoms with Gasteiger partial charge < -0.3 is 9.47 Å². The third-order valence-electron chi connectivity index (χ3n) is 4.73. The number of hydrogen-bond acceptors (Lipinski definition) is 4. The van der Waals surface area contributed by atoms with E-state index in [1.807, 2.05) is 13.8 Å². The normalized spacial score (nSPS) is 17.4. The minimum Gasteiger partial charge on any atom is -0.476 e. The first kappa shape index (κ1) is 21.4. The molecule has 5 nitrogen and oxygen atoms in total. The smallest absolute Gasteiger partial charge is 0.261 e. The Morgan fingerprint density at radius 2 is 1.76 bits per heavy atom. The standard InChI is InChI=1S/C22H23ClFNO4/c1-13(2)28-10-6-7-14(3)29-20-12-19(18(24)11-17(20)23)25-21(26)15-8-4-5-9-16(15)22(25)27/h11-14H,4-5,8-10H2,1-3H3. The van der Waals surface area contributed by atoms with Crippen molar-refractivity contribution in [3.05, 3.63) is 34.1 Å². The van der Waals surface area contributed by atoms with Crippen molar-refractivity contribution < 1.29 is 23.5 Å². The van der Waals surface area contributed by atoms with Gasteiger partial charge in [-0.1, -0.05) is 23.4 Å². The molecule has 1 atom stereocenters. The summed E-state index contributed by atoms with van der Waals surface area (Å²) in [6.07, 6.45) is 2.31. The number of nitrogens with zero attached hydrogens (tertiary/aromatic N) is 1. The van der Waals surface area contributed by atoms with E-state index in [1.165, 1.54) is 6.07 Å². The van der Waals surface area contributed by atoms with Gasteiger partial charge >= 0.3 is 0 Å². The summed E-state index contributed by atoms with van der Waals surface area (Å²) >= 11 is 6.11. The Morgan fingerprint density at radius 1 is 1.14 bits per heavy atom. The molecule has 1 aromatic rings. The Hall–Kier alpha value is -2.36. The molecule has 2 amide bonds. The van der Waals surface area contributed by atoms with Crippen LogP contribution in [0.4, 0.5) is 10.1 Å². The lowest BCUT2D eigenvalue weighted by Crippen LogP contribution is -2.32. The minimum absolute atomic E-state index is 0.0372. The second kappa shape index (κ2) is 8.98. The molecule has 1 unspecified atom stereocenters. The molecule has 0 fully saturated rings. The van der Waals surface area contributed by atoms with Crippen molar-refractivity contribution in [3.8, 4) is 17.6 Å². The third kappa shape index (κ3) is 4.63.